The molecule has 16 heavy (non-hydrogen) atoms. The zero-order valence-corrected chi connectivity index (χ0v) is 10.8. The van der Waals surface area contributed by atoms with Gasteiger partial charge in [0.25, 0.3) is 0 Å². The molecule has 1 N–H and O–H groups in total. The van der Waals surface area contributed by atoms with Crippen LogP contribution in [0.4, 0.5) is 0 Å². The number of halogens is 1. The number of ether oxygens (including phenoxy) is 1. The summed E-state index contributed by atoms with van der Waals surface area (Å²) in [6, 6.07) is 5.43. The van der Waals surface area contributed by atoms with Gasteiger partial charge in [-0.3, -0.25) is 4.79 Å². The molecule has 3 nitrogen and oxygen atoms in total. The third kappa shape index (κ3) is 3.61. The second-order valence-electron chi connectivity index (χ2n) is 3.37. The molecular weight excluding hydrogens is 272 g/mol. The van der Waals surface area contributed by atoms with E-state index in [2.05, 4.69) is 15.9 Å². The maximum Gasteiger partial charge on any atom is 0.147 e. The zero-order valence-electron chi connectivity index (χ0n) is 9.20. The Morgan fingerprint density at radius 2 is 2.19 bits per heavy atom. The Labute approximate surface area is 104 Å². The minimum Gasteiger partial charge on any atom is -0.494 e. The Hall–Kier alpha value is -0.870. The summed E-state index contributed by atoms with van der Waals surface area (Å²) in [7, 11) is 0. The van der Waals surface area contributed by atoms with Crippen molar-refractivity contribution in [1.82, 2.24) is 0 Å². The molecule has 0 aliphatic rings. The van der Waals surface area contributed by atoms with Crippen LogP contribution in [0.3, 0.4) is 0 Å². The number of alkyl halides is 1. The van der Waals surface area contributed by atoms with E-state index in [0.29, 0.717) is 18.4 Å². The van der Waals surface area contributed by atoms with Crippen LogP contribution in [-0.4, -0.2) is 22.8 Å². The van der Waals surface area contributed by atoms with E-state index >= 15 is 0 Å². The van der Waals surface area contributed by atoms with E-state index in [4.69, 9.17) is 4.74 Å². The summed E-state index contributed by atoms with van der Waals surface area (Å²) >= 11 is 3.12. The average Bonchev–Trinajstić information content (AvgIpc) is 2.31. The zero-order chi connectivity index (χ0) is 12.0. The number of benzene rings is 1. The molecule has 0 heterocycles. The van der Waals surface area contributed by atoms with Crippen molar-refractivity contribution in [1.29, 1.82) is 0 Å². The van der Waals surface area contributed by atoms with E-state index in [1.54, 1.807) is 6.07 Å². The predicted molar refractivity (Wildman–Crippen MR) is 66.0 cm³/mol. The highest BCUT2D eigenvalue weighted by Crippen LogP contribution is 2.19. The van der Waals surface area contributed by atoms with Crippen LogP contribution in [0.2, 0.25) is 0 Å². The lowest BCUT2D eigenvalue weighted by Crippen LogP contribution is -2.06. The van der Waals surface area contributed by atoms with Gasteiger partial charge in [-0.15, -0.1) is 0 Å². The van der Waals surface area contributed by atoms with Crippen LogP contribution in [0.1, 0.15) is 18.1 Å². The van der Waals surface area contributed by atoms with E-state index in [1.807, 2.05) is 19.1 Å². The van der Waals surface area contributed by atoms with Gasteiger partial charge in [0.05, 0.1) is 18.5 Å². The molecule has 0 atom stereocenters. The SMILES string of the molecule is CCOc1ccc(CC(=O)CBr)c(CO)c1. The Morgan fingerprint density at radius 3 is 2.75 bits per heavy atom. The molecule has 88 valence electrons. The third-order valence-corrected chi connectivity index (χ3v) is 2.82. The van der Waals surface area contributed by atoms with Crippen molar-refractivity contribution in [3.05, 3.63) is 29.3 Å². The highest BCUT2D eigenvalue weighted by atomic mass is 79.9. The molecule has 0 fully saturated rings. The van der Waals surface area contributed by atoms with Gasteiger partial charge < -0.3 is 9.84 Å². The summed E-state index contributed by atoms with van der Waals surface area (Å²) in [5.74, 6) is 0.820. The highest BCUT2D eigenvalue weighted by molar-refractivity contribution is 9.09. The number of carbonyl (C=O) groups is 1. The Balaban J connectivity index is 2.88. The maximum atomic E-state index is 11.3. The summed E-state index contributed by atoms with van der Waals surface area (Å²) in [6.45, 7) is 2.41. The molecule has 1 aromatic carbocycles. The molecule has 0 aliphatic carbocycles. The van der Waals surface area contributed by atoms with E-state index in [1.165, 1.54) is 0 Å². The number of aliphatic hydroxyl groups excluding tert-OH is 1. The lowest BCUT2D eigenvalue weighted by molar-refractivity contribution is -0.115. The van der Waals surface area contributed by atoms with Gasteiger partial charge in [-0.05, 0) is 30.2 Å². The van der Waals surface area contributed by atoms with Crippen LogP contribution in [0.25, 0.3) is 0 Å². The number of hydrogen-bond acceptors (Lipinski definition) is 3. The largest absolute Gasteiger partial charge is 0.494 e. The molecule has 0 bridgehead atoms. The average molecular weight is 287 g/mol. The van der Waals surface area contributed by atoms with Gasteiger partial charge in [0, 0.05) is 6.42 Å². The lowest BCUT2D eigenvalue weighted by Gasteiger charge is -2.09. The van der Waals surface area contributed by atoms with Crippen LogP contribution in [0.15, 0.2) is 18.2 Å². The summed E-state index contributed by atoms with van der Waals surface area (Å²) in [5.41, 5.74) is 1.61. The van der Waals surface area contributed by atoms with Gasteiger partial charge in [0.2, 0.25) is 0 Å². The smallest absolute Gasteiger partial charge is 0.147 e. The molecule has 4 heteroatoms. The normalized spacial score (nSPS) is 10.2. The minimum atomic E-state index is -0.0776. The number of hydrogen-bond donors (Lipinski definition) is 1. The van der Waals surface area contributed by atoms with E-state index < -0.39 is 0 Å². The number of ketones is 1. The minimum absolute atomic E-state index is 0.0776. The Bertz CT molecular complexity index is 363. The first-order valence-electron chi connectivity index (χ1n) is 5.14. The fourth-order valence-electron chi connectivity index (χ4n) is 1.44. The van der Waals surface area contributed by atoms with Crippen molar-refractivity contribution in [2.24, 2.45) is 0 Å². The number of aliphatic hydroxyl groups is 1. The van der Waals surface area contributed by atoms with Crippen molar-refractivity contribution < 1.29 is 14.6 Å². The second-order valence-corrected chi connectivity index (χ2v) is 3.93. The van der Waals surface area contributed by atoms with Crippen LogP contribution >= 0.6 is 15.9 Å². The van der Waals surface area contributed by atoms with Crippen molar-refractivity contribution in [2.45, 2.75) is 20.0 Å². The first kappa shape index (κ1) is 13.2. The van der Waals surface area contributed by atoms with E-state index in [-0.39, 0.29) is 12.4 Å². The van der Waals surface area contributed by atoms with Crippen molar-refractivity contribution in [3.63, 3.8) is 0 Å². The van der Waals surface area contributed by atoms with E-state index in [0.717, 1.165) is 16.9 Å². The molecule has 1 aromatic rings. The van der Waals surface area contributed by atoms with Crippen molar-refractivity contribution >= 4 is 21.7 Å². The van der Waals surface area contributed by atoms with Crippen molar-refractivity contribution in [2.75, 3.05) is 11.9 Å². The predicted octanol–water partition coefficient (Wildman–Crippen LogP) is 2.08. The Kier molecular flexibility index (Phi) is 5.49. The van der Waals surface area contributed by atoms with Crippen LogP contribution in [-0.2, 0) is 17.8 Å². The van der Waals surface area contributed by atoms with E-state index in [9.17, 15) is 9.90 Å². The first-order valence-corrected chi connectivity index (χ1v) is 6.26. The molecular formula is C12H15BrO3. The van der Waals surface area contributed by atoms with Gasteiger partial charge in [-0.25, -0.2) is 0 Å². The first-order chi connectivity index (χ1) is 7.71. The third-order valence-electron chi connectivity index (χ3n) is 2.20. The van der Waals surface area contributed by atoms with Crippen LogP contribution < -0.4 is 4.74 Å². The quantitative estimate of drug-likeness (QED) is 0.815. The number of rotatable bonds is 6. The standard InChI is InChI=1S/C12H15BrO3/c1-2-16-12-4-3-9(5-11(15)7-13)10(6-12)8-14/h3-4,6,14H,2,5,7-8H2,1H3. The molecule has 0 unspecified atom stereocenters. The molecule has 0 spiro atoms. The van der Waals surface area contributed by atoms with Crippen LogP contribution in [0, 0.1) is 0 Å². The number of carbonyl (C=O) groups excluding carboxylic acids is 1. The molecule has 0 aromatic heterocycles. The molecule has 0 saturated carbocycles. The highest BCUT2D eigenvalue weighted by Gasteiger charge is 2.08. The topological polar surface area (TPSA) is 46.5 Å². The van der Waals surface area contributed by atoms with Crippen molar-refractivity contribution in [3.8, 4) is 5.75 Å². The van der Waals surface area contributed by atoms with Gasteiger partial charge >= 0.3 is 0 Å². The summed E-state index contributed by atoms with van der Waals surface area (Å²) < 4.78 is 5.33. The molecule has 0 saturated heterocycles. The molecule has 1 rings (SSSR count). The summed E-state index contributed by atoms with van der Waals surface area (Å²) in [4.78, 5) is 11.3. The van der Waals surface area contributed by atoms with Gasteiger partial charge in [-0.2, -0.15) is 0 Å². The fraction of sp³-hybridized carbons (Fsp3) is 0.417. The van der Waals surface area contributed by atoms with Gasteiger partial charge in [0.15, 0.2) is 0 Å². The molecule has 0 amide bonds. The summed E-state index contributed by atoms with van der Waals surface area (Å²) in [5, 5.41) is 9.56. The maximum absolute atomic E-state index is 11.3. The monoisotopic (exact) mass is 286 g/mol. The van der Waals surface area contributed by atoms with Gasteiger partial charge in [0.1, 0.15) is 11.5 Å². The number of Topliss-reactive ketones (excluding diaryl/α,β-unsaturated/α-hetero) is 1. The Morgan fingerprint density at radius 1 is 1.44 bits per heavy atom. The fourth-order valence-corrected chi connectivity index (χ4v) is 1.64. The second kappa shape index (κ2) is 6.66. The van der Waals surface area contributed by atoms with Crippen LogP contribution in [0.5, 0.6) is 5.75 Å². The summed E-state index contributed by atoms with van der Waals surface area (Å²) in [6.07, 6.45) is 0.341. The van der Waals surface area contributed by atoms with Gasteiger partial charge in [-0.1, -0.05) is 22.0 Å². The molecule has 0 aliphatic heterocycles. The lowest BCUT2D eigenvalue weighted by atomic mass is 10.0. The molecule has 0 radical (unpaired) electrons.